The van der Waals surface area contributed by atoms with Gasteiger partial charge in [-0.3, -0.25) is 9.78 Å². The second kappa shape index (κ2) is 12.8. The number of aromatic nitrogens is 1. The van der Waals surface area contributed by atoms with Crippen molar-refractivity contribution in [1.29, 1.82) is 0 Å². The van der Waals surface area contributed by atoms with E-state index in [1.165, 1.54) is 64.9 Å². The first-order valence-corrected chi connectivity index (χ1v) is 16.3. The Balaban J connectivity index is 1.11. The van der Waals surface area contributed by atoms with Crippen molar-refractivity contribution < 1.29 is 14.6 Å². The van der Waals surface area contributed by atoms with E-state index in [9.17, 15) is 9.90 Å². The molecule has 6 nitrogen and oxygen atoms in total. The van der Waals surface area contributed by atoms with Crippen molar-refractivity contribution in [1.82, 2.24) is 15.6 Å². The second-order valence-electron chi connectivity index (χ2n) is 14.4. The molecule has 6 heteroatoms. The normalized spacial score (nSPS) is 39.6. The van der Waals surface area contributed by atoms with E-state index >= 15 is 0 Å². The maximum absolute atomic E-state index is 12.1. The summed E-state index contributed by atoms with van der Waals surface area (Å²) in [6.07, 6.45) is 14.2. The molecular formula is C34H55N3O3. The molecule has 0 spiro atoms. The highest BCUT2D eigenvalue weighted by Crippen LogP contribution is 2.68. The monoisotopic (exact) mass is 553 g/mol. The van der Waals surface area contributed by atoms with Crippen molar-refractivity contribution in [3.8, 4) is 0 Å². The summed E-state index contributed by atoms with van der Waals surface area (Å²) in [5.74, 6) is 3.10. The average molecular weight is 554 g/mol. The molecular weight excluding hydrogens is 498 g/mol. The lowest BCUT2D eigenvalue weighted by molar-refractivity contribution is -0.167. The van der Waals surface area contributed by atoms with Crippen LogP contribution in [0.2, 0.25) is 0 Å². The van der Waals surface area contributed by atoms with Gasteiger partial charge in [-0.25, -0.2) is 0 Å². The summed E-state index contributed by atoms with van der Waals surface area (Å²) in [4.78, 5) is 16.4. The van der Waals surface area contributed by atoms with E-state index < -0.39 is 0 Å². The highest BCUT2D eigenvalue weighted by atomic mass is 16.5. The third kappa shape index (κ3) is 6.01. The molecule has 0 aromatic carbocycles. The molecule has 3 N–H and O–H groups in total. The maximum Gasteiger partial charge on any atom is 0.305 e. The average Bonchev–Trinajstić information content (AvgIpc) is 3.31. The molecule has 0 radical (unpaired) electrons. The minimum atomic E-state index is -0.175. The van der Waals surface area contributed by atoms with Crippen molar-refractivity contribution >= 4 is 5.97 Å². The highest BCUT2D eigenvalue weighted by Gasteiger charge is 2.62. The zero-order valence-corrected chi connectivity index (χ0v) is 25.5. The van der Waals surface area contributed by atoms with Gasteiger partial charge in [-0.1, -0.05) is 26.8 Å². The highest BCUT2D eigenvalue weighted by molar-refractivity contribution is 5.69. The zero-order valence-electron chi connectivity index (χ0n) is 25.5. The van der Waals surface area contributed by atoms with Gasteiger partial charge < -0.3 is 20.5 Å². The van der Waals surface area contributed by atoms with Crippen LogP contribution in [0.4, 0.5) is 0 Å². The van der Waals surface area contributed by atoms with Crippen LogP contribution in [0.3, 0.4) is 0 Å². The summed E-state index contributed by atoms with van der Waals surface area (Å²) < 4.78 is 5.01. The number of esters is 1. The smallest absolute Gasteiger partial charge is 0.305 e. The predicted octanol–water partition coefficient (Wildman–Crippen LogP) is 5.74. The Morgan fingerprint density at radius 2 is 1.85 bits per heavy atom. The summed E-state index contributed by atoms with van der Waals surface area (Å²) >= 11 is 0. The van der Waals surface area contributed by atoms with E-state index in [2.05, 4.69) is 42.5 Å². The van der Waals surface area contributed by atoms with Gasteiger partial charge in [-0.2, -0.15) is 0 Å². The molecule has 1 heterocycles. The van der Waals surface area contributed by atoms with E-state index in [1.807, 2.05) is 18.3 Å². The summed E-state index contributed by atoms with van der Waals surface area (Å²) in [7, 11) is 1.50. The van der Waals surface area contributed by atoms with Crippen LogP contribution in [0.5, 0.6) is 0 Å². The van der Waals surface area contributed by atoms with Gasteiger partial charge in [-0.15, -0.1) is 0 Å². The molecule has 0 aliphatic heterocycles. The van der Waals surface area contributed by atoms with Crippen LogP contribution in [-0.2, 0) is 16.1 Å². The van der Waals surface area contributed by atoms with Crippen LogP contribution in [0, 0.1) is 46.3 Å². The first kappa shape index (κ1) is 30.0. The number of aliphatic hydroxyl groups excluding tert-OH is 1. The van der Waals surface area contributed by atoms with Crippen molar-refractivity contribution in [2.75, 3.05) is 20.2 Å². The minimum Gasteiger partial charge on any atom is -0.469 e. The number of pyridine rings is 1. The van der Waals surface area contributed by atoms with Crippen molar-refractivity contribution in [3.63, 3.8) is 0 Å². The van der Waals surface area contributed by atoms with Gasteiger partial charge in [0, 0.05) is 25.2 Å². The van der Waals surface area contributed by atoms with Crippen molar-refractivity contribution in [2.24, 2.45) is 46.3 Å². The van der Waals surface area contributed by atoms with E-state index in [-0.39, 0.29) is 17.5 Å². The SMILES string of the molecule is COC(=O)C[C@@H](C)[C@H]1CC[C@H]2[C@@H]3[C@H](O)C[C@@H]4C[C@H](NCCCCNCc5ccccn5)CC[C@]4(C)[C@H]3CC[C@]12C. The fraction of sp³-hybridized carbons (Fsp3) is 0.824. The molecule has 0 unspecified atom stereocenters. The summed E-state index contributed by atoms with van der Waals surface area (Å²) in [5, 5.41) is 19.1. The fourth-order valence-electron chi connectivity index (χ4n) is 10.3. The molecule has 5 rings (SSSR count). The van der Waals surface area contributed by atoms with E-state index in [0.29, 0.717) is 53.4 Å². The van der Waals surface area contributed by atoms with E-state index in [0.717, 1.165) is 31.7 Å². The Morgan fingerprint density at radius 1 is 1.07 bits per heavy atom. The lowest BCUT2D eigenvalue weighted by Crippen LogP contribution is -2.59. The Morgan fingerprint density at radius 3 is 2.62 bits per heavy atom. The van der Waals surface area contributed by atoms with Gasteiger partial charge in [0.25, 0.3) is 0 Å². The number of methoxy groups -OCH3 is 1. The quantitative estimate of drug-likeness (QED) is 0.240. The number of unbranched alkanes of at least 4 members (excludes halogenated alkanes) is 1. The zero-order chi connectivity index (χ0) is 28.3. The van der Waals surface area contributed by atoms with E-state index in [4.69, 9.17) is 4.74 Å². The summed E-state index contributed by atoms with van der Waals surface area (Å²) in [5.41, 5.74) is 1.70. The number of fused-ring (bicyclic) bond motifs is 5. The molecule has 10 atom stereocenters. The molecule has 0 bridgehead atoms. The van der Waals surface area contributed by atoms with Gasteiger partial charge in [0.15, 0.2) is 0 Å². The lowest BCUT2D eigenvalue weighted by Gasteiger charge is -2.62. The van der Waals surface area contributed by atoms with Gasteiger partial charge >= 0.3 is 5.97 Å². The van der Waals surface area contributed by atoms with Gasteiger partial charge in [-0.05, 0) is 136 Å². The van der Waals surface area contributed by atoms with Crippen LogP contribution in [0.25, 0.3) is 0 Å². The number of hydrogen-bond donors (Lipinski definition) is 3. The topological polar surface area (TPSA) is 83.5 Å². The Labute approximate surface area is 242 Å². The van der Waals surface area contributed by atoms with Crippen LogP contribution in [0.1, 0.15) is 97.1 Å². The lowest BCUT2D eigenvalue weighted by atomic mass is 9.43. The summed E-state index contributed by atoms with van der Waals surface area (Å²) in [6, 6.07) is 6.66. The summed E-state index contributed by atoms with van der Waals surface area (Å²) in [6.45, 7) is 10.3. The number of nitrogens with zero attached hydrogens (tertiary/aromatic N) is 1. The standard InChI is InChI=1S/C34H55N3O3/c1-23(19-31(39)40-4)27-10-11-28-32-29(13-15-34(27,28)3)33(2)14-12-25(20-24(33)21-30(32)38)36-18-8-7-16-35-22-26-9-5-6-17-37-26/h5-6,9,17,23-25,27-30,32,35-36,38H,7-8,10-16,18-22H2,1-4H3/t23-,24+,25-,27-,28+,29+,30-,32+,33+,34-/m1/s1. The number of rotatable bonds is 11. The van der Waals surface area contributed by atoms with Crippen molar-refractivity contribution in [2.45, 2.75) is 110 Å². The molecule has 1 aromatic heterocycles. The Bertz CT molecular complexity index is 974. The molecule has 0 amide bonds. The largest absolute Gasteiger partial charge is 0.469 e. The number of nitrogens with one attached hydrogen (secondary N) is 2. The van der Waals surface area contributed by atoms with Crippen LogP contribution in [-0.4, -0.2) is 48.4 Å². The number of aliphatic hydroxyl groups is 1. The van der Waals surface area contributed by atoms with Gasteiger partial charge in [0.2, 0.25) is 0 Å². The number of carbonyl (C=O) groups excluding carboxylic acids is 1. The second-order valence-corrected chi connectivity index (χ2v) is 14.4. The Kier molecular flexibility index (Phi) is 9.58. The molecule has 4 aliphatic rings. The predicted molar refractivity (Wildman–Crippen MR) is 159 cm³/mol. The van der Waals surface area contributed by atoms with Crippen LogP contribution < -0.4 is 10.6 Å². The number of hydrogen-bond acceptors (Lipinski definition) is 6. The molecule has 40 heavy (non-hydrogen) atoms. The molecule has 4 fully saturated rings. The number of ether oxygens (including phenoxy) is 1. The maximum atomic E-state index is 12.1. The Hall–Kier alpha value is -1.50. The molecule has 224 valence electrons. The molecule has 0 saturated heterocycles. The first-order chi connectivity index (χ1) is 19.3. The van der Waals surface area contributed by atoms with Crippen molar-refractivity contribution in [3.05, 3.63) is 30.1 Å². The third-order valence-electron chi connectivity index (χ3n) is 12.4. The van der Waals surface area contributed by atoms with Gasteiger partial charge in [0.05, 0.1) is 18.9 Å². The minimum absolute atomic E-state index is 0.0797. The molecule has 1 aromatic rings. The van der Waals surface area contributed by atoms with E-state index in [1.54, 1.807) is 0 Å². The van der Waals surface area contributed by atoms with Gasteiger partial charge in [0.1, 0.15) is 0 Å². The number of carbonyl (C=O) groups is 1. The molecule has 4 aliphatic carbocycles. The van der Waals surface area contributed by atoms with Crippen LogP contribution in [0.15, 0.2) is 24.4 Å². The van der Waals surface area contributed by atoms with Crippen LogP contribution >= 0.6 is 0 Å². The molecule has 4 saturated carbocycles. The first-order valence-electron chi connectivity index (χ1n) is 16.3. The third-order valence-corrected chi connectivity index (χ3v) is 12.4. The fourth-order valence-corrected chi connectivity index (χ4v) is 10.3.